The summed E-state index contributed by atoms with van der Waals surface area (Å²) < 4.78 is 48.4. The molecule has 0 aliphatic carbocycles. The van der Waals surface area contributed by atoms with Gasteiger partial charge in [-0.2, -0.15) is 13.2 Å². The molecule has 1 N–H and O–H groups in total. The highest BCUT2D eigenvalue weighted by Gasteiger charge is 2.33. The molecule has 0 bridgehead atoms. The number of methoxy groups -OCH3 is 1. The standard InChI is InChI=1S/C22H22F3N7O4/c1-12(2)32-19(28-29-30-32)16-5-4-6-18(26-16)27-20(33)15-7-13-9-31(10-14(13)8-17(15)35-3)21(34)36-11-22(23,24)25/h4-8,12H,9-11H2,1-3H3,(H,26,27,33). The lowest BCUT2D eigenvalue weighted by atomic mass is 10.0. The average molecular weight is 505 g/mol. The number of carbonyl (C=O) groups is 2. The first-order chi connectivity index (χ1) is 17.1. The number of fused-ring (bicyclic) bond motifs is 1. The minimum absolute atomic E-state index is 0.00367. The Morgan fingerprint density at radius 1 is 1.17 bits per heavy atom. The van der Waals surface area contributed by atoms with E-state index >= 15 is 0 Å². The van der Waals surface area contributed by atoms with E-state index in [0.717, 1.165) is 4.90 Å². The fourth-order valence-corrected chi connectivity index (χ4v) is 3.66. The lowest BCUT2D eigenvalue weighted by molar-refractivity contribution is -0.162. The van der Waals surface area contributed by atoms with Crippen LogP contribution in [0.5, 0.6) is 5.75 Å². The van der Waals surface area contributed by atoms with Gasteiger partial charge in [-0.15, -0.1) is 5.10 Å². The van der Waals surface area contributed by atoms with Gasteiger partial charge in [0.2, 0.25) is 5.82 Å². The number of pyridine rings is 1. The zero-order chi connectivity index (χ0) is 26.0. The average Bonchev–Trinajstić information content (AvgIpc) is 3.48. The molecule has 2 amide bonds. The zero-order valence-corrected chi connectivity index (χ0v) is 19.5. The maximum Gasteiger partial charge on any atom is 0.422 e. The van der Waals surface area contributed by atoms with Crippen LogP contribution in [0.4, 0.5) is 23.8 Å². The van der Waals surface area contributed by atoms with E-state index in [9.17, 15) is 22.8 Å². The van der Waals surface area contributed by atoms with Crippen molar-refractivity contribution in [3.63, 3.8) is 0 Å². The van der Waals surface area contributed by atoms with Gasteiger partial charge in [0, 0.05) is 13.1 Å². The van der Waals surface area contributed by atoms with Crippen LogP contribution in [0.3, 0.4) is 0 Å². The van der Waals surface area contributed by atoms with Crippen molar-refractivity contribution >= 4 is 17.8 Å². The number of aromatic nitrogens is 5. The van der Waals surface area contributed by atoms with Crippen molar-refractivity contribution in [3.8, 4) is 17.3 Å². The molecular weight excluding hydrogens is 483 g/mol. The number of nitrogens with one attached hydrogen (secondary N) is 1. The summed E-state index contributed by atoms with van der Waals surface area (Å²) in [4.78, 5) is 30.7. The van der Waals surface area contributed by atoms with Gasteiger partial charge in [0.1, 0.15) is 17.3 Å². The Bertz CT molecular complexity index is 1290. The van der Waals surface area contributed by atoms with Gasteiger partial charge in [-0.25, -0.2) is 14.5 Å². The number of halogens is 3. The van der Waals surface area contributed by atoms with E-state index in [0.29, 0.717) is 22.6 Å². The molecule has 2 aromatic heterocycles. The first kappa shape index (κ1) is 24.9. The Kier molecular flexibility index (Phi) is 6.77. The minimum atomic E-state index is -4.62. The molecule has 0 atom stereocenters. The summed E-state index contributed by atoms with van der Waals surface area (Å²) in [5, 5.41) is 14.3. The van der Waals surface area contributed by atoms with Gasteiger partial charge < -0.3 is 14.8 Å². The maximum absolute atomic E-state index is 13.1. The first-order valence-electron chi connectivity index (χ1n) is 10.8. The normalized spacial score (nSPS) is 13.0. The molecule has 0 saturated carbocycles. The molecule has 1 aliphatic heterocycles. The third-order valence-corrected chi connectivity index (χ3v) is 5.31. The SMILES string of the molecule is COc1cc2c(cc1C(=O)Nc1cccc(-c3nnnn3C(C)C)n1)CN(C(=O)OCC(F)(F)F)C2. The number of benzene rings is 1. The molecule has 14 heteroatoms. The highest BCUT2D eigenvalue weighted by atomic mass is 19.4. The van der Waals surface area contributed by atoms with E-state index in [1.165, 1.54) is 13.2 Å². The molecule has 0 fully saturated rings. The van der Waals surface area contributed by atoms with Crippen LogP contribution in [0.1, 0.15) is 41.4 Å². The van der Waals surface area contributed by atoms with Crippen molar-refractivity contribution in [1.82, 2.24) is 30.1 Å². The predicted molar refractivity (Wildman–Crippen MR) is 119 cm³/mol. The molecule has 3 aromatic rings. The van der Waals surface area contributed by atoms with Crippen molar-refractivity contribution in [2.45, 2.75) is 39.2 Å². The summed E-state index contributed by atoms with van der Waals surface area (Å²) in [6.07, 6.45) is -5.72. The monoisotopic (exact) mass is 505 g/mol. The molecule has 11 nitrogen and oxygen atoms in total. The summed E-state index contributed by atoms with van der Waals surface area (Å²) in [7, 11) is 1.38. The molecular formula is C22H22F3N7O4. The van der Waals surface area contributed by atoms with Crippen LogP contribution in [-0.2, 0) is 17.8 Å². The minimum Gasteiger partial charge on any atom is -0.496 e. The molecule has 0 unspecified atom stereocenters. The maximum atomic E-state index is 13.1. The topological polar surface area (TPSA) is 124 Å². The van der Waals surface area contributed by atoms with E-state index in [4.69, 9.17) is 4.74 Å². The molecule has 0 radical (unpaired) electrons. The highest BCUT2D eigenvalue weighted by Crippen LogP contribution is 2.31. The van der Waals surface area contributed by atoms with Crippen LogP contribution in [-0.4, -0.2) is 62.0 Å². The summed E-state index contributed by atoms with van der Waals surface area (Å²) in [6, 6.07) is 8.11. The second-order valence-corrected chi connectivity index (χ2v) is 8.25. The number of nitrogens with zero attached hydrogens (tertiary/aromatic N) is 6. The molecule has 36 heavy (non-hydrogen) atoms. The third-order valence-electron chi connectivity index (χ3n) is 5.31. The molecule has 0 saturated heterocycles. The third kappa shape index (κ3) is 5.37. The lowest BCUT2D eigenvalue weighted by Gasteiger charge is -2.16. The molecule has 190 valence electrons. The number of anilines is 1. The number of amides is 2. The lowest BCUT2D eigenvalue weighted by Crippen LogP contribution is -2.30. The number of tetrazole rings is 1. The Morgan fingerprint density at radius 3 is 2.56 bits per heavy atom. The van der Waals surface area contributed by atoms with Gasteiger partial charge in [-0.05, 0) is 59.7 Å². The van der Waals surface area contributed by atoms with E-state index in [2.05, 4.69) is 30.6 Å². The van der Waals surface area contributed by atoms with Gasteiger partial charge >= 0.3 is 12.3 Å². The first-order valence-corrected chi connectivity index (χ1v) is 10.8. The summed E-state index contributed by atoms with van der Waals surface area (Å²) in [6.45, 7) is 2.18. The van der Waals surface area contributed by atoms with E-state index in [-0.39, 0.29) is 36.3 Å². The highest BCUT2D eigenvalue weighted by molar-refractivity contribution is 6.06. The zero-order valence-electron chi connectivity index (χ0n) is 19.5. The van der Waals surface area contributed by atoms with Crippen LogP contribution in [0.25, 0.3) is 11.5 Å². The summed E-state index contributed by atoms with van der Waals surface area (Å²) in [5.74, 6) is 0.391. The smallest absolute Gasteiger partial charge is 0.422 e. The summed E-state index contributed by atoms with van der Waals surface area (Å²) >= 11 is 0. The number of carbonyl (C=O) groups excluding carboxylic acids is 2. The molecule has 4 rings (SSSR count). The van der Waals surface area contributed by atoms with Gasteiger partial charge in [-0.3, -0.25) is 9.69 Å². The van der Waals surface area contributed by atoms with Crippen molar-refractivity contribution in [1.29, 1.82) is 0 Å². The van der Waals surface area contributed by atoms with Crippen molar-refractivity contribution in [2.75, 3.05) is 19.0 Å². The number of alkyl halides is 3. The van der Waals surface area contributed by atoms with E-state index in [1.807, 2.05) is 13.8 Å². The Labute approximate surface area is 203 Å². The summed E-state index contributed by atoms with van der Waals surface area (Å²) in [5.41, 5.74) is 1.84. The molecule has 1 aromatic carbocycles. The molecule has 0 spiro atoms. The fourth-order valence-electron chi connectivity index (χ4n) is 3.66. The quantitative estimate of drug-likeness (QED) is 0.539. The Hall–Kier alpha value is -4.23. The van der Waals surface area contributed by atoms with Gasteiger partial charge in [-0.1, -0.05) is 6.07 Å². The predicted octanol–water partition coefficient (Wildman–Crippen LogP) is 3.59. The van der Waals surface area contributed by atoms with Crippen molar-refractivity contribution in [3.05, 3.63) is 47.0 Å². The van der Waals surface area contributed by atoms with E-state index < -0.39 is 24.8 Å². The van der Waals surface area contributed by atoms with Gasteiger partial charge in [0.15, 0.2) is 6.61 Å². The van der Waals surface area contributed by atoms with Crippen molar-refractivity contribution in [2.24, 2.45) is 0 Å². The largest absolute Gasteiger partial charge is 0.496 e. The van der Waals surface area contributed by atoms with E-state index in [1.54, 1.807) is 28.9 Å². The van der Waals surface area contributed by atoms with Crippen LogP contribution < -0.4 is 10.1 Å². The number of ether oxygens (including phenoxy) is 2. The second kappa shape index (κ2) is 9.79. The Balaban J connectivity index is 1.52. The van der Waals surface area contributed by atoms with Crippen LogP contribution in [0.15, 0.2) is 30.3 Å². The van der Waals surface area contributed by atoms with Crippen LogP contribution in [0, 0.1) is 0 Å². The number of hydrogen-bond acceptors (Lipinski definition) is 8. The molecule has 1 aliphatic rings. The second-order valence-electron chi connectivity index (χ2n) is 8.25. The van der Waals surface area contributed by atoms with Crippen LogP contribution in [0.2, 0.25) is 0 Å². The fraction of sp³-hybridized carbons (Fsp3) is 0.364. The van der Waals surface area contributed by atoms with Crippen LogP contribution >= 0.6 is 0 Å². The number of rotatable bonds is 6. The van der Waals surface area contributed by atoms with Gasteiger partial charge in [0.25, 0.3) is 5.91 Å². The van der Waals surface area contributed by atoms with Crippen molar-refractivity contribution < 1.29 is 32.2 Å². The number of hydrogen-bond donors (Lipinski definition) is 1. The Morgan fingerprint density at radius 2 is 1.89 bits per heavy atom. The molecule has 3 heterocycles. The van der Waals surface area contributed by atoms with Gasteiger partial charge in [0.05, 0.1) is 18.7 Å².